The standard InChI is InChI=1S/C28H29N3O4S/c1-19-25(27(33)34-2)26(21-11-8-12-23(15-21)35-17-20-9-4-3-5-10-20)31-22(18-36-28(31)29-19)16-24(32)30-13-6-7-14-30/h3-5,8-12,15,18,26H,6-7,13-14,16-17H2,1-2H3. The SMILES string of the molecule is COC(=O)C1=C(C)N=C2SC=C(CC(=O)N3CCCC3)N2C1c1cccc(OCc2ccccc2)c1. The van der Waals surface area contributed by atoms with Gasteiger partial charge in [0.1, 0.15) is 12.4 Å². The monoisotopic (exact) mass is 503 g/mol. The van der Waals surface area contributed by atoms with Gasteiger partial charge in [0.2, 0.25) is 5.91 Å². The highest BCUT2D eigenvalue weighted by molar-refractivity contribution is 8.16. The van der Waals surface area contributed by atoms with Gasteiger partial charge in [-0.05, 0) is 48.4 Å². The zero-order chi connectivity index (χ0) is 25.1. The number of rotatable bonds is 7. The Morgan fingerprint density at radius 3 is 2.61 bits per heavy atom. The van der Waals surface area contributed by atoms with E-state index in [-0.39, 0.29) is 12.3 Å². The molecule has 2 aromatic rings. The summed E-state index contributed by atoms with van der Waals surface area (Å²) in [6, 6.07) is 17.3. The predicted molar refractivity (Wildman–Crippen MR) is 140 cm³/mol. The third kappa shape index (κ3) is 4.91. The number of carbonyl (C=O) groups excluding carboxylic acids is 2. The van der Waals surface area contributed by atoms with Crippen molar-refractivity contribution in [2.75, 3.05) is 20.2 Å². The number of likely N-dealkylation sites (tertiary alicyclic amines) is 1. The first kappa shape index (κ1) is 24.2. The van der Waals surface area contributed by atoms with E-state index in [1.165, 1.54) is 18.9 Å². The summed E-state index contributed by atoms with van der Waals surface area (Å²) in [6.45, 7) is 3.87. The van der Waals surface area contributed by atoms with Gasteiger partial charge in [0.05, 0.1) is 30.8 Å². The highest BCUT2D eigenvalue weighted by atomic mass is 32.2. The van der Waals surface area contributed by atoms with Crippen molar-refractivity contribution in [2.45, 2.75) is 38.8 Å². The molecule has 0 N–H and O–H groups in total. The molecule has 3 heterocycles. The van der Waals surface area contributed by atoms with E-state index in [1.54, 1.807) is 0 Å². The molecule has 3 aliphatic rings. The Bertz CT molecular complexity index is 1250. The number of thioether (sulfide) groups is 1. The second kappa shape index (κ2) is 10.6. The largest absolute Gasteiger partial charge is 0.489 e. The number of ether oxygens (including phenoxy) is 2. The lowest BCUT2D eigenvalue weighted by Crippen LogP contribution is -2.38. The van der Waals surface area contributed by atoms with Crippen molar-refractivity contribution in [3.05, 3.63) is 88.1 Å². The molecule has 1 atom stereocenters. The maximum Gasteiger partial charge on any atom is 0.338 e. The number of amidine groups is 1. The van der Waals surface area contributed by atoms with E-state index in [1.807, 2.05) is 76.7 Å². The fourth-order valence-electron chi connectivity index (χ4n) is 4.80. The Labute approximate surface area is 215 Å². The predicted octanol–water partition coefficient (Wildman–Crippen LogP) is 5.03. The van der Waals surface area contributed by atoms with Crippen LogP contribution in [0, 0.1) is 0 Å². The van der Waals surface area contributed by atoms with Crippen molar-refractivity contribution in [1.29, 1.82) is 0 Å². The zero-order valence-corrected chi connectivity index (χ0v) is 21.3. The van der Waals surface area contributed by atoms with Gasteiger partial charge in [0.15, 0.2) is 5.17 Å². The van der Waals surface area contributed by atoms with Crippen LogP contribution in [0.2, 0.25) is 0 Å². The van der Waals surface area contributed by atoms with Gasteiger partial charge in [0.25, 0.3) is 0 Å². The van der Waals surface area contributed by atoms with Gasteiger partial charge in [-0.25, -0.2) is 9.79 Å². The lowest BCUT2D eigenvalue weighted by Gasteiger charge is -2.36. The van der Waals surface area contributed by atoms with Gasteiger partial charge >= 0.3 is 5.97 Å². The van der Waals surface area contributed by atoms with Gasteiger partial charge in [0, 0.05) is 18.8 Å². The van der Waals surface area contributed by atoms with Crippen LogP contribution in [-0.4, -0.2) is 47.0 Å². The van der Waals surface area contributed by atoms with Crippen molar-refractivity contribution < 1.29 is 19.1 Å². The number of methoxy groups -OCH3 is 1. The number of hydrogen-bond acceptors (Lipinski definition) is 7. The van der Waals surface area contributed by atoms with Crippen molar-refractivity contribution in [1.82, 2.24) is 9.80 Å². The van der Waals surface area contributed by atoms with Crippen LogP contribution in [0.1, 0.15) is 43.4 Å². The molecule has 1 saturated heterocycles. The summed E-state index contributed by atoms with van der Waals surface area (Å²) in [5, 5.41) is 2.73. The highest BCUT2D eigenvalue weighted by Gasteiger charge is 2.41. The van der Waals surface area contributed by atoms with E-state index in [4.69, 9.17) is 14.5 Å². The van der Waals surface area contributed by atoms with Gasteiger partial charge in [-0.1, -0.05) is 54.2 Å². The van der Waals surface area contributed by atoms with E-state index >= 15 is 0 Å². The molecule has 8 heteroatoms. The Morgan fingerprint density at radius 2 is 1.86 bits per heavy atom. The molecule has 0 bridgehead atoms. The van der Waals surface area contributed by atoms with Gasteiger partial charge < -0.3 is 19.3 Å². The number of nitrogens with zero attached hydrogens (tertiary/aromatic N) is 3. The summed E-state index contributed by atoms with van der Waals surface area (Å²) < 4.78 is 11.2. The van der Waals surface area contributed by atoms with Crippen LogP contribution in [-0.2, 0) is 20.9 Å². The molecule has 0 saturated carbocycles. The minimum Gasteiger partial charge on any atom is -0.489 e. The molecule has 7 nitrogen and oxygen atoms in total. The average Bonchev–Trinajstić information content (AvgIpc) is 3.58. The smallest absolute Gasteiger partial charge is 0.338 e. The summed E-state index contributed by atoms with van der Waals surface area (Å²) >= 11 is 1.48. The van der Waals surface area contributed by atoms with E-state index < -0.39 is 12.0 Å². The van der Waals surface area contributed by atoms with Crippen molar-refractivity contribution in [3.63, 3.8) is 0 Å². The number of carbonyl (C=O) groups is 2. The van der Waals surface area contributed by atoms with E-state index in [0.717, 1.165) is 47.9 Å². The van der Waals surface area contributed by atoms with E-state index in [9.17, 15) is 9.59 Å². The molecule has 186 valence electrons. The molecular weight excluding hydrogens is 474 g/mol. The molecule has 0 aliphatic carbocycles. The minimum absolute atomic E-state index is 0.102. The Morgan fingerprint density at radius 1 is 1.08 bits per heavy atom. The Balaban J connectivity index is 1.46. The van der Waals surface area contributed by atoms with Crippen LogP contribution in [0.5, 0.6) is 5.75 Å². The van der Waals surface area contributed by atoms with Crippen LogP contribution < -0.4 is 4.74 Å². The number of aliphatic imine (C=N–C) groups is 1. The molecule has 1 fully saturated rings. The lowest BCUT2D eigenvalue weighted by atomic mass is 9.93. The maximum absolute atomic E-state index is 13.0. The maximum atomic E-state index is 13.0. The number of fused-ring (bicyclic) bond motifs is 1. The van der Waals surface area contributed by atoms with Crippen molar-refractivity contribution >= 4 is 28.8 Å². The number of benzene rings is 2. The second-order valence-corrected chi connectivity index (χ2v) is 9.83. The van der Waals surface area contributed by atoms with Crippen molar-refractivity contribution in [3.8, 4) is 5.75 Å². The number of allylic oxidation sites excluding steroid dienone is 1. The summed E-state index contributed by atoms with van der Waals surface area (Å²) in [5.74, 6) is 0.371. The van der Waals surface area contributed by atoms with Crippen LogP contribution in [0.3, 0.4) is 0 Å². The summed E-state index contributed by atoms with van der Waals surface area (Å²) in [7, 11) is 1.38. The normalized spacial score (nSPS) is 19.1. The van der Waals surface area contributed by atoms with E-state index in [0.29, 0.717) is 23.6 Å². The average molecular weight is 504 g/mol. The zero-order valence-electron chi connectivity index (χ0n) is 20.5. The lowest BCUT2D eigenvalue weighted by molar-refractivity contribution is -0.136. The molecule has 0 spiro atoms. The molecule has 36 heavy (non-hydrogen) atoms. The number of esters is 1. The molecule has 1 unspecified atom stereocenters. The van der Waals surface area contributed by atoms with Gasteiger partial charge in [-0.2, -0.15) is 0 Å². The summed E-state index contributed by atoms with van der Waals surface area (Å²) in [5.41, 5.74) is 3.85. The first-order chi connectivity index (χ1) is 17.5. The van der Waals surface area contributed by atoms with Crippen LogP contribution in [0.4, 0.5) is 0 Å². The minimum atomic E-state index is -0.474. The molecule has 1 amide bonds. The van der Waals surface area contributed by atoms with Gasteiger partial charge in [-0.15, -0.1) is 0 Å². The molecule has 3 aliphatic heterocycles. The number of amides is 1. The van der Waals surface area contributed by atoms with Gasteiger partial charge in [-0.3, -0.25) is 4.79 Å². The first-order valence-electron chi connectivity index (χ1n) is 12.1. The highest BCUT2D eigenvalue weighted by Crippen LogP contribution is 2.45. The third-order valence-electron chi connectivity index (χ3n) is 6.62. The number of hydrogen-bond donors (Lipinski definition) is 0. The quantitative estimate of drug-likeness (QED) is 0.494. The van der Waals surface area contributed by atoms with E-state index in [2.05, 4.69) is 0 Å². The fourth-order valence-corrected chi connectivity index (χ4v) is 5.77. The summed E-state index contributed by atoms with van der Waals surface area (Å²) in [4.78, 5) is 34.6. The first-order valence-corrected chi connectivity index (χ1v) is 13.0. The summed E-state index contributed by atoms with van der Waals surface area (Å²) in [6.07, 6.45) is 2.35. The molecule has 0 radical (unpaired) electrons. The fraction of sp³-hybridized carbons (Fsp3) is 0.321. The molecule has 2 aromatic carbocycles. The van der Waals surface area contributed by atoms with Crippen LogP contribution in [0.15, 0.2) is 82.0 Å². The molecular formula is C28H29N3O4S. The topological polar surface area (TPSA) is 71.4 Å². The van der Waals surface area contributed by atoms with Crippen LogP contribution >= 0.6 is 11.8 Å². The Hall–Kier alpha value is -3.52. The Kier molecular flexibility index (Phi) is 7.13. The third-order valence-corrected chi connectivity index (χ3v) is 7.51. The second-order valence-electron chi connectivity index (χ2n) is 9.00. The van der Waals surface area contributed by atoms with Crippen molar-refractivity contribution in [2.24, 2.45) is 4.99 Å². The molecule has 5 rings (SSSR count). The molecule has 0 aromatic heterocycles. The van der Waals surface area contributed by atoms with Crippen LogP contribution in [0.25, 0.3) is 0 Å².